The number of aromatic nitrogens is 1. The first-order valence-corrected chi connectivity index (χ1v) is 10.3. The van der Waals surface area contributed by atoms with Gasteiger partial charge < -0.3 is 9.32 Å². The number of carbonyl (C=O) groups excluding carboxylic acids is 1. The van der Waals surface area contributed by atoms with Crippen LogP contribution in [0.15, 0.2) is 33.9 Å². The fourth-order valence-corrected chi connectivity index (χ4v) is 4.47. The molecular formula is C15H18N2O4S2. The Balaban J connectivity index is 1.54. The molecule has 0 spiro atoms. The number of oxazole rings is 1. The van der Waals surface area contributed by atoms with Crippen molar-refractivity contribution in [1.29, 1.82) is 0 Å². The van der Waals surface area contributed by atoms with Crippen LogP contribution in [0.1, 0.15) is 12.8 Å². The third-order valence-electron chi connectivity index (χ3n) is 3.99. The molecule has 0 aliphatic carbocycles. The smallest absolute Gasteiger partial charge is 0.257 e. The summed E-state index contributed by atoms with van der Waals surface area (Å²) in [6.07, 6.45) is 2.29. The van der Waals surface area contributed by atoms with E-state index in [1.807, 2.05) is 24.3 Å². The van der Waals surface area contributed by atoms with E-state index in [-0.39, 0.29) is 16.9 Å². The van der Waals surface area contributed by atoms with Crippen molar-refractivity contribution in [2.24, 2.45) is 0 Å². The number of hydrogen-bond donors (Lipinski definition) is 0. The number of fused-ring (bicyclic) bond motifs is 1. The van der Waals surface area contributed by atoms with Gasteiger partial charge in [0.1, 0.15) is 15.4 Å². The standard InChI is InChI=1S/C15H18N2O4S2/c1-23(19,20)11-6-8-17(9-7-11)14(18)10-22-15-16-12-4-2-3-5-13(12)21-15/h2-5,11H,6-10H2,1H3. The second-order valence-electron chi connectivity index (χ2n) is 5.65. The van der Waals surface area contributed by atoms with Gasteiger partial charge in [0, 0.05) is 19.3 Å². The highest BCUT2D eigenvalue weighted by Crippen LogP contribution is 2.24. The van der Waals surface area contributed by atoms with Crippen LogP contribution in [0.5, 0.6) is 0 Å². The lowest BCUT2D eigenvalue weighted by Crippen LogP contribution is -2.43. The minimum absolute atomic E-state index is 0.00999. The van der Waals surface area contributed by atoms with E-state index in [9.17, 15) is 13.2 Å². The van der Waals surface area contributed by atoms with E-state index >= 15 is 0 Å². The van der Waals surface area contributed by atoms with Crippen LogP contribution in [0.25, 0.3) is 11.1 Å². The average Bonchev–Trinajstić information content (AvgIpc) is 2.95. The first-order valence-electron chi connectivity index (χ1n) is 7.38. The molecule has 0 atom stereocenters. The Hall–Kier alpha value is -1.54. The number of thioether (sulfide) groups is 1. The van der Waals surface area contributed by atoms with E-state index in [0.717, 1.165) is 5.52 Å². The zero-order valence-electron chi connectivity index (χ0n) is 12.8. The van der Waals surface area contributed by atoms with Crippen LogP contribution >= 0.6 is 11.8 Å². The molecule has 1 aromatic carbocycles. The Morgan fingerprint density at radius 1 is 1.35 bits per heavy atom. The lowest BCUT2D eigenvalue weighted by atomic mass is 10.1. The molecule has 2 aromatic rings. The fraction of sp³-hybridized carbons (Fsp3) is 0.467. The molecule has 0 N–H and O–H groups in total. The normalized spacial score (nSPS) is 16.8. The Morgan fingerprint density at radius 2 is 2.04 bits per heavy atom. The molecule has 6 nitrogen and oxygen atoms in total. The summed E-state index contributed by atoms with van der Waals surface area (Å²) in [5.41, 5.74) is 1.48. The monoisotopic (exact) mass is 354 g/mol. The maximum Gasteiger partial charge on any atom is 0.257 e. The van der Waals surface area contributed by atoms with E-state index in [1.165, 1.54) is 18.0 Å². The maximum atomic E-state index is 12.2. The van der Waals surface area contributed by atoms with Gasteiger partial charge in [-0.1, -0.05) is 23.9 Å². The molecule has 124 valence electrons. The van der Waals surface area contributed by atoms with Gasteiger partial charge in [0.15, 0.2) is 5.58 Å². The molecule has 0 unspecified atom stereocenters. The zero-order valence-corrected chi connectivity index (χ0v) is 14.4. The number of amides is 1. The summed E-state index contributed by atoms with van der Waals surface area (Å²) < 4.78 is 28.6. The summed E-state index contributed by atoms with van der Waals surface area (Å²) in [5.74, 6) is 0.236. The third-order valence-corrected chi connectivity index (χ3v) is 6.49. The molecule has 0 saturated carbocycles. The highest BCUT2D eigenvalue weighted by molar-refractivity contribution is 7.99. The van der Waals surface area contributed by atoms with E-state index in [4.69, 9.17) is 4.42 Å². The molecule has 1 amide bonds. The number of carbonyl (C=O) groups is 1. The molecule has 23 heavy (non-hydrogen) atoms. The Morgan fingerprint density at radius 3 is 2.70 bits per heavy atom. The molecule has 1 aliphatic rings. The Kier molecular flexibility index (Phi) is 4.63. The predicted octanol–water partition coefficient (Wildman–Crippen LogP) is 1.96. The van der Waals surface area contributed by atoms with Gasteiger partial charge in [-0.15, -0.1) is 0 Å². The zero-order chi connectivity index (χ0) is 16.4. The lowest BCUT2D eigenvalue weighted by molar-refractivity contribution is -0.129. The summed E-state index contributed by atoms with van der Waals surface area (Å²) in [7, 11) is -3.01. The van der Waals surface area contributed by atoms with Crippen molar-refractivity contribution in [1.82, 2.24) is 9.88 Å². The van der Waals surface area contributed by atoms with Crippen LogP contribution in [0.3, 0.4) is 0 Å². The van der Waals surface area contributed by atoms with Gasteiger partial charge in [0.2, 0.25) is 5.91 Å². The van der Waals surface area contributed by atoms with Gasteiger partial charge in [-0.2, -0.15) is 0 Å². The first kappa shape index (κ1) is 16.3. The first-order chi connectivity index (χ1) is 10.9. The van der Waals surface area contributed by atoms with Crippen LogP contribution in [0, 0.1) is 0 Å². The summed E-state index contributed by atoms with van der Waals surface area (Å²) >= 11 is 1.27. The molecule has 0 radical (unpaired) electrons. The second-order valence-corrected chi connectivity index (χ2v) is 8.90. The van der Waals surface area contributed by atoms with Crippen molar-refractivity contribution in [3.8, 4) is 0 Å². The number of sulfone groups is 1. The lowest BCUT2D eigenvalue weighted by Gasteiger charge is -2.30. The summed E-state index contributed by atoms with van der Waals surface area (Å²) in [4.78, 5) is 18.3. The van der Waals surface area contributed by atoms with Crippen molar-refractivity contribution in [2.75, 3.05) is 25.1 Å². The van der Waals surface area contributed by atoms with Gasteiger partial charge in [0.25, 0.3) is 5.22 Å². The van der Waals surface area contributed by atoms with Crippen molar-refractivity contribution in [2.45, 2.75) is 23.3 Å². The Bertz CT molecular complexity index is 775. The summed E-state index contributed by atoms with van der Waals surface area (Å²) in [6.45, 7) is 0.982. The number of likely N-dealkylation sites (tertiary alicyclic amines) is 1. The highest BCUT2D eigenvalue weighted by atomic mass is 32.2. The van der Waals surface area contributed by atoms with Crippen molar-refractivity contribution in [3.63, 3.8) is 0 Å². The molecule has 0 bridgehead atoms. The topological polar surface area (TPSA) is 80.5 Å². The summed E-state index contributed by atoms with van der Waals surface area (Å²) in [5, 5.41) is 0.154. The quantitative estimate of drug-likeness (QED) is 0.781. The van der Waals surface area contributed by atoms with E-state index in [2.05, 4.69) is 4.98 Å². The number of piperidine rings is 1. The van der Waals surface area contributed by atoms with E-state index < -0.39 is 9.84 Å². The average molecular weight is 354 g/mol. The molecule has 1 aromatic heterocycles. The summed E-state index contributed by atoms with van der Waals surface area (Å²) in [6, 6.07) is 7.46. The number of para-hydroxylation sites is 2. The molecule has 1 aliphatic heterocycles. The Labute approximate surface area is 139 Å². The van der Waals surface area contributed by atoms with E-state index in [0.29, 0.717) is 36.7 Å². The third kappa shape index (κ3) is 3.87. The van der Waals surface area contributed by atoms with Crippen LogP contribution in [-0.4, -0.2) is 54.6 Å². The van der Waals surface area contributed by atoms with Gasteiger partial charge in [-0.05, 0) is 25.0 Å². The van der Waals surface area contributed by atoms with E-state index in [1.54, 1.807) is 4.90 Å². The van der Waals surface area contributed by atoms with Gasteiger partial charge in [-0.3, -0.25) is 4.79 Å². The van der Waals surface area contributed by atoms with Crippen LogP contribution in [-0.2, 0) is 14.6 Å². The molecule has 1 saturated heterocycles. The number of hydrogen-bond acceptors (Lipinski definition) is 6. The SMILES string of the molecule is CS(=O)(=O)C1CCN(C(=O)CSc2nc3ccccc3o2)CC1. The maximum absolute atomic E-state index is 12.2. The molecule has 3 rings (SSSR count). The number of rotatable bonds is 4. The molecular weight excluding hydrogens is 336 g/mol. The van der Waals surface area contributed by atoms with Gasteiger partial charge >= 0.3 is 0 Å². The molecule has 2 heterocycles. The fourth-order valence-electron chi connectivity index (χ4n) is 2.66. The molecule has 8 heteroatoms. The molecule has 1 fully saturated rings. The van der Waals surface area contributed by atoms with Crippen LogP contribution < -0.4 is 0 Å². The number of benzene rings is 1. The predicted molar refractivity (Wildman–Crippen MR) is 89.2 cm³/mol. The minimum Gasteiger partial charge on any atom is -0.431 e. The number of nitrogens with zero attached hydrogens (tertiary/aromatic N) is 2. The largest absolute Gasteiger partial charge is 0.431 e. The van der Waals surface area contributed by atoms with Crippen LogP contribution in [0.4, 0.5) is 0 Å². The van der Waals surface area contributed by atoms with Crippen molar-refractivity contribution >= 4 is 38.6 Å². The second kappa shape index (κ2) is 6.52. The van der Waals surface area contributed by atoms with Crippen molar-refractivity contribution < 1.29 is 17.6 Å². The minimum atomic E-state index is -3.01. The van der Waals surface area contributed by atoms with Gasteiger partial charge in [0.05, 0.1) is 11.0 Å². The van der Waals surface area contributed by atoms with Gasteiger partial charge in [-0.25, -0.2) is 13.4 Å². The van der Waals surface area contributed by atoms with Crippen LogP contribution in [0.2, 0.25) is 0 Å². The van der Waals surface area contributed by atoms with Crippen molar-refractivity contribution in [3.05, 3.63) is 24.3 Å². The highest BCUT2D eigenvalue weighted by Gasteiger charge is 2.28.